The number of rotatable bonds is 7. The highest BCUT2D eigenvalue weighted by Crippen LogP contribution is 2.10. The first-order chi connectivity index (χ1) is 13.9. The Kier molecular flexibility index (Phi) is 6.28. The Balaban J connectivity index is 1.67. The summed E-state index contributed by atoms with van der Waals surface area (Å²) >= 11 is 5.85. The molecule has 0 atom stereocenters. The van der Waals surface area contributed by atoms with E-state index < -0.39 is 11.2 Å². The second-order valence-corrected chi connectivity index (χ2v) is 6.80. The van der Waals surface area contributed by atoms with Crippen molar-refractivity contribution in [2.45, 2.75) is 39.3 Å². The first-order valence-electron chi connectivity index (χ1n) is 9.24. The van der Waals surface area contributed by atoms with Crippen molar-refractivity contribution in [2.75, 3.05) is 0 Å². The fourth-order valence-corrected chi connectivity index (χ4v) is 3.21. The normalized spacial score (nSPS) is 11.9. The van der Waals surface area contributed by atoms with Crippen molar-refractivity contribution < 1.29 is 5.11 Å². The number of nitrogens with one attached hydrogen (secondary N) is 2. The summed E-state index contributed by atoms with van der Waals surface area (Å²) in [5.74, 6) is 0.132. The van der Waals surface area contributed by atoms with Gasteiger partial charge in [0.1, 0.15) is 0 Å². The number of aromatic nitrogens is 4. The topological polar surface area (TPSA) is 132 Å². The highest BCUT2D eigenvalue weighted by Gasteiger charge is 2.16. The number of aromatic amines is 1. The molecule has 3 rings (SSSR count). The summed E-state index contributed by atoms with van der Waals surface area (Å²) in [6.07, 6.45) is 1.43. The summed E-state index contributed by atoms with van der Waals surface area (Å²) in [6.45, 7) is 2.37. The third-order valence-electron chi connectivity index (χ3n) is 4.49. The maximum Gasteiger partial charge on any atom is 0.332 e. The SMILES string of the molecule is CCn1c(=O)n(CCCCC([OH2+])=NC(=N)c2ccccc2)c(=O)c2[nH]c(Cl)nc21. The fourth-order valence-electron chi connectivity index (χ4n) is 3.03. The van der Waals surface area contributed by atoms with Crippen LogP contribution in [0.15, 0.2) is 44.9 Å². The Morgan fingerprint density at radius 1 is 1.24 bits per heavy atom. The molecule has 4 N–H and O–H groups in total. The van der Waals surface area contributed by atoms with Gasteiger partial charge in [-0.15, -0.1) is 0 Å². The van der Waals surface area contributed by atoms with Crippen molar-refractivity contribution in [2.24, 2.45) is 4.99 Å². The Labute approximate surface area is 170 Å². The minimum atomic E-state index is -0.459. The lowest BCUT2D eigenvalue weighted by Crippen LogP contribution is -2.40. The van der Waals surface area contributed by atoms with E-state index in [0.717, 1.165) is 4.57 Å². The number of amidine groups is 1. The number of benzene rings is 1. The van der Waals surface area contributed by atoms with Gasteiger partial charge in [-0.2, -0.15) is 9.98 Å². The summed E-state index contributed by atoms with van der Waals surface area (Å²) in [7, 11) is 0. The quantitative estimate of drug-likeness (QED) is 0.200. The lowest BCUT2D eigenvalue weighted by atomic mass is 10.2. The first kappa shape index (κ1) is 20.5. The lowest BCUT2D eigenvalue weighted by Gasteiger charge is -2.09. The van der Waals surface area contributed by atoms with Gasteiger partial charge < -0.3 is 10.1 Å². The molecule has 0 radical (unpaired) electrons. The molecular weight excluding hydrogens is 396 g/mol. The Bertz CT molecular complexity index is 1180. The maximum atomic E-state index is 12.6. The molecule has 0 amide bonds. The average molecular weight is 418 g/mol. The minimum absolute atomic E-state index is 0.0410. The number of halogens is 1. The van der Waals surface area contributed by atoms with Crippen LogP contribution >= 0.6 is 11.6 Å². The number of aryl methyl sites for hydroxylation is 1. The Hall–Kier alpha value is -3.20. The Morgan fingerprint density at radius 2 is 1.97 bits per heavy atom. The Morgan fingerprint density at radius 3 is 2.66 bits per heavy atom. The van der Waals surface area contributed by atoms with E-state index in [1.54, 1.807) is 19.1 Å². The molecule has 0 saturated heterocycles. The molecular formula is C19H22ClN6O3+. The summed E-state index contributed by atoms with van der Waals surface area (Å²) < 4.78 is 2.56. The van der Waals surface area contributed by atoms with E-state index >= 15 is 0 Å². The van der Waals surface area contributed by atoms with Gasteiger partial charge in [0.2, 0.25) is 5.28 Å². The van der Waals surface area contributed by atoms with Crippen LogP contribution in [-0.4, -0.2) is 35.9 Å². The average Bonchev–Trinajstić information content (AvgIpc) is 3.10. The van der Waals surface area contributed by atoms with Gasteiger partial charge in [-0.3, -0.25) is 19.3 Å². The summed E-state index contributed by atoms with van der Waals surface area (Å²) in [5, 5.41) is 15.9. The summed E-state index contributed by atoms with van der Waals surface area (Å²) in [6, 6.07) is 9.01. The molecule has 10 heteroatoms. The van der Waals surface area contributed by atoms with E-state index in [2.05, 4.69) is 15.0 Å². The molecule has 152 valence electrons. The van der Waals surface area contributed by atoms with Crippen molar-refractivity contribution in [3.63, 3.8) is 0 Å². The van der Waals surface area contributed by atoms with Gasteiger partial charge in [-0.1, -0.05) is 30.3 Å². The van der Waals surface area contributed by atoms with Gasteiger partial charge in [0, 0.05) is 18.7 Å². The van der Waals surface area contributed by atoms with E-state index in [1.165, 1.54) is 4.57 Å². The summed E-state index contributed by atoms with van der Waals surface area (Å²) in [5.41, 5.74) is 0.216. The number of hydrogen-bond donors (Lipinski definition) is 2. The smallest absolute Gasteiger partial charge is 0.332 e. The third kappa shape index (κ3) is 4.45. The molecule has 3 aromatic rings. The number of aliphatic imine (C=N–C) groups is 1. The van der Waals surface area contributed by atoms with Gasteiger partial charge >= 0.3 is 11.6 Å². The van der Waals surface area contributed by atoms with E-state index in [9.17, 15) is 9.59 Å². The third-order valence-corrected chi connectivity index (χ3v) is 4.67. The molecule has 0 saturated carbocycles. The molecule has 2 aromatic heterocycles. The van der Waals surface area contributed by atoms with Crippen molar-refractivity contribution in [3.05, 3.63) is 62.0 Å². The van der Waals surface area contributed by atoms with Crippen LogP contribution in [0.1, 0.15) is 31.7 Å². The molecule has 0 spiro atoms. The predicted molar refractivity (Wildman–Crippen MR) is 113 cm³/mol. The molecule has 0 unspecified atom stereocenters. The maximum absolute atomic E-state index is 12.6. The van der Waals surface area contributed by atoms with Gasteiger partial charge in [0.05, 0.1) is 6.42 Å². The summed E-state index contributed by atoms with van der Waals surface area (Å²) in [4.78, 5) is 35.9. The van der Waals surface area contributed by atoms with Crippen LogP contribution in [0.4, 0.5) is 0 Å². The number of hydrogen-bond acceptors (Lipinski definition) is 4. The lowest BCUT2D eigenvalue weighted by molar-refractivity contribution is 0.506. The van der Waals surface area contributed by atoms with E-state index in [0.29, 0.717) is 31.4 Å². The molecule has 0 aliphatic heterocycles. The second kappa shape index (κ2) is 8.87. The molecule has 0 bridgehead atoms. The van der Waals surface area contributed by atoms with Crippen LogP contribution < -0.4 is 11.2 Å². The molecule has 0 fully saturated rings. The number of fused-ring (bicyclic) bond motifs is 1. The zero-order valence-corrected chi connectivity index (χ0v) is 16.7. The molecule has 0 aliphatic rings. The zero-order valence-electron chi connectivity index (χ0n) is 15.9. The molecule has 1 aromatic carbocycles. The van der Waals surface area contributed by atoms with Crippen molar-refractivity contribution in [3.8, 4) is 0 Å². The standard InChI is InChI=1S/C19H21ClN6O3/c1-2-25-16-14(23-18(20)24-16)17(28)26(19(25)29)11-7-6-10-13(27)22-15(21)12-8-4-3-5-9-12/h3-5,8-9H,2,6-7,10-11H2,1H3,(H,23,24)(H2,21,22,27)/p+1. The van der Waals surface area contributed by atoms with Crippen LogP contribution in [-0.2, 0) is 13.1 Å². The molecule has 9 nitrogen and oxygen atoms in total. The number of nitrogens with zero attached hydrogens (tertiary/aromatic N) is 4. The molecule has 0 aliphatic carbocycles. The van der Waals surface area contributed by atoms with E-state index in [4.69, 9.17) is 22.1 Å². The molecule has 29 heavy (non-hydrogen) atoms. The van der Waals surface area contributed by atoms with Gasteiger partial charge in [0.25, 0.3) is 5.56 Å². The van der Waals surface area contributed by atoms with Gasteiger partial charge in [-0.25, -0.2) is 4.79 Å². The highest BCUT2D eigenvalue weighted by molar-refractivity contribution is 6.29. The minimum Gasteiger partial charge on any atom is -0.582 e. The van der Waals surface area contributed by atoms with Gasteiger partial charge in [-0.05, 0) is 31.4 Å². The number of imidazole rings is 1. The monoisotopic (exact) mass is 417 g/mol. The van der Waals surface area contributed by atoms with Crippen LogP contribution in [0.5, 0.6) is 0 Å². The number of H-pyrrole nitrogens is 1. The van der Waals surface area contributed by atoms with Crippen molar-refractivity contribution in [1.29, 1.82) is 5.41 Å². The largest absolute Gasteiger partial charge is 0.582 e. The fraction of sp³-hybridized carbons (Fsp3) is 0.316. The molecule has 2 heterocycles. The van der Waals surface area contributed by atoms with Crippen LogP contribution in [0, 0.1) is 5.41 Å². The van der Waals surface area contributed by atoms with Crippen LogP contribution in [0.25, 0.3) is 11.2 Å². The predicted octanol–water partition coefficient (Wildman–Crippen LogP) is 1.88. The first-order valence-corrected chi connectivity index (χ1v) is 9.62. The second-order valence-electron chi connectivity index (χ2n) is 6.44. The van der Waals surface area contributed by atoms with Crippen LogP contribution in [0.3, 0.4) is 0 Å². The zero-order chi connectivity index (χ0) is 21.0. The van der Waals surface area contributed by atoms with Gasteiger partial charge in [0.15, 0.2) is 17.0 Å². The number of unbranched alkanes of at least 4 members (excludes halogenated alkanes) is 1. The van der Waals surface area contributed by atoms with Crippen molar-refractivity contribution in [1.82, 2.24) is 19.1 Å². The van der Waals surface area contributed by atoms with Crippen molar-refractivity contribution >= 4 is 34.5 Å². The van der Waals surface area contributed by atoms with Crippen LogP contribution in [0.2, 0.25) is 5.28 Å². The van der Waals surface area contributed by atoms with E-state index in [1.807, 2.05) is 18.2 Å². The van der Waals surface area contributed by atoms with E-state index in [-0.39, 0.29) is 34.7 Å². The highest BCUT2D eigenvalue weighted by atomic mass is 35.5.